The highest BCUT2D eigenvalue weighted by Crippen LogP contribution is 2.22. The number of nitrogens with zero attached hydrogens (tertiary/aromatic N) is 1. The number of unbranched alkanes of at least 4 members (excludes halogenated alkanes) is 2. The lowest BCUT2D eigenvalue weighted by molar-refractivity contribution is -0.144. The Bertz CT molecular complexity index is 418. The van der Waals surface area contributed by atoms with E-state index in [2.05, 4.69) is 19.2 Å². The van der Waals surface area contributed by atoms with Crippen LogP contribution in [0, 0.1) is 0 Å². The summed E-state index contributed by atoms with van der Waals surface area (Å²) in [5.74, 6) is -1.28. The van der Waals surface area contributed by atoms with Crippen molar-refractivity contribution in [3.63, 3.8) is 0 Å². The molecule has 1 atom stereocenters. The van der Waals surface area contributed by atoms with Gasteiger partial charge in [-0.3, -0.25) is 14.4 Å². The van der Waals surface area contributed by atoms with Crippen LogP contribution in [0.3, 0.4) is 0 Å². The zero-order valence-electron chi connectivity index (χ0n) is 16.4. The van der Waals surface area contributed by atoms with Crippen LogP contribution >= 0.6 is 0 Å². The summed E-state index contributed by atoms with van der Waals surface area (Å²) in [4.78, 5) is 38.3. The summed E-state index contributed by atoms with van der Waals surface area (Å²) in [6, 6.07) is 0. The molecule has 2 amide bonds. The van der Waals surface area contributed by atoms with E-state index in [1.54, 1.807) is 0 Å². The summed E-state index contributed by atoms with van der Waals surface area (Å²) < 4.78 is 0. The molecule has 0 aliphatic heterocycles. The topological polar surface area (TPSA) is 86.7 Å². The molecule has 0 unspecified atom stereocenters. The van der Waals surface area contributed by atoms with Crippen molar-refractivity contribution in [2.45, 2.75) is 91.0 Å². The first-order valence-electron chi connectivity index (χ1n) is 9.68. The first-order valence-corrected chi connectivity index (χ1v) is 9.68. The van der Waals surface area contributed by atoms with E-state index >= 15 is 0 Å². The van der Waals surface area contributed by atoms with Gasteiger partial charge in [-0.05, 0) is 32.1 Å². The maximum absolute atomic E-state index is 13.3. The molecule has 0 aliphatic carbocycles. The average Bonchev–Trinajstić information content (AvgIpc) is 2.58. The van der Waals surface area contributed by atoms with E-state index in [1.807, 2.05) is 18.7 Å². The van der Waals surface area contributed by atoms with Gasteiger partial charge in [0, 0.05) is 25.9 Å². The van der Waals surface area contributed by atoms with Crippen molar-refractivity contribution in [1.29, 1.82) is 0 Å². The molecule has 0 heterocycles. The molecule has 0 radical (unpaired) electrons. The number of carbonyl (C=O) groups is 3. The van der Waals surface area contributed by atoms with E-state index in [1.165, 1.54) is 0 Å². The molecule has 0 aromatic rings. The van der Waals surface area contributed by atoms with Gasteiger partial charge in [-0.25, -0.2) is 0 Å². The number of carboxylic acids is 1. The van der Waals surface area contributed by atoms with E-state index < -0.39 is 11.5 Å². The smallest absolute Gasteiger partial charge is 0.303 e. The van der Waals surface area contributed by atoms with Crippen LogP contribution in [0.5, 0.6) is 0 Å². The Labute approximate surface area is 152 Å². The second kappa shape index (κ2) is 12.7. The number of hydrogen-bond donors (Lipinski definition) is 2. The zero-order valence-corrected chi connectivity index (χ0v) is 16.4. The van der Waals surface area contributed by atoms with Crippen molar-refractivity contribution in [3.05, 3.63) is 0 Å². The van der Waals surface area contributed by atoms with Crippen molar-refractivity contribution < 1.29 is 19.5 Å². The average molecular weight is 357 g/mol. The van der Waals surface area contributed by atoms with E-state index in [9.17, 15) is 14.4 Å². The first-order chi connectivity index (χ1) is 11.9. The zero-order chi connectivity index (χ0) is 19.3. The SMILES string of the molecule is CCCCN(CCCC)C(=O)[C@](CC)(CCC(=O)O)NC(=O)CCC. The van der Waals surface area contributed by atoms with Gasteiger partial charge in [0.1, 0.15) is 5.54 Å². The molecule has 0 bridgehead atoms. The Balaban J connectivity index is 5.48. The molecule has 0 rings (SSSR count). The minimum absolute atomic E-state index is 0.127. The van der Waals surface area contributed by atoms with Gasteiger partial charge in [0.15, 0.2) is 0 Å². The summed E-state index contributed by atoms with van der Waals surface area (Å²) in [6.45, 7) is 9.18. The van der Waals surface area contributed by atoms with Crippen LogP contribution in [-0.4, -0.2) is 46.4 Å². The van der Waals surface area contributed by atoms with Crippen LogP contribution in [0.25, 0.3) is 0 Å². The fourth-order valence-electron chi connectivity index (χ4n) is 2.83. The van der Waals surface area contributed by atoms with E-state index in [4.69, 9.17) is 5.11 Å². The van der Waals surface area contributed by atoms with Gasteiger partial charge in [0.05, 0.1) is 0 Å². The molecule has 6 heteroatoms. The van der Waals surface area contributed by atoms with Gasteiger partial charge < -0.3 is 15.3 Å². The van der Waals surface area contributed by atoms with Gasteiger partial charge >= 0.3 is 5.97 Å². The van der Waals surface area contributed by atoms with Crippen molar-refractivity contribution in [2.24, 2.45) is 0 Å². The summed E-state index contributed by atoms with van der Waals surface area (Å²) in [5.41, 5.74) is -1.12. The van der Waals surface area contributed by atoms with E-state index in [-0.39, 0.29) is 24.7 Å². The lowest BCUT2D eigenvalue weighted by Gasteiger charge is -2.37. The molecule has 6 nitrogen and oxygen atoms in total. The van der Waals surface area contributed by atoms with Crippen LogP contribution in [0.1, 0.15) is 85.5 Å². The highest BCUT2D eigenvalue weighted by atomic mass is 16.4. The minimum Gasteiger partial charge on any atom is -0.481 e. The summed E-state index contributed by atoms with van der Waals surface area (Å²) in [7, 11) is 0. The van der Waals surface area contributed by atoms with Crippen molar-refractivity contribution in [3.8, 4) is 0 Å². The molecule has 2 N–H and O–H groups in total. The fraction of sp³-hybridized carbons (Fsp3) is 0.842. The monoisotopic (exact) mass is 356 g/mol. The minimum atomic E-state index is -1.12. The van der Waals surface area contributed by atoms with Gasteiger partial charge in [-0.2, -0.15) is 0 Å². The quantitative estimate of drug-likeness (QED) is 0.500. The van der Waals surface area contributed by atoms with Crippen molar-refractivity contribution >= 4 is 17.8 Å². The predicted octanol–water partition coefficient (Wildman–Crippen LogP) is 3.35. The normalized spacial score (nSPS) is 13.1. The summed E-state index contributed by atoms with van der Waals surface area (Å²) in [6.07, 6.45) is 5.17. The molecular weight excluding hydrogens is 320 g/mol. The molecule has 0 aromatic carbocycles. The van der Waals surface area contributed by atoms with E-state index in [0.29, 0.717) is 32.4 Å². The van der Waals surface area contributed by atoms with Crippen LogP contribution < -0.4 is 5.32 Å². The number of aliphatic carboxylic acids is 1. The van der Waals surface area contributed by atoms with Crippen LogP contribution in [0.2, 0.25) is 0 Å². The number of rotatable bonds is 14. The molecule has 146 valence electrons. The molecule has 0 fully saturated rings. The number of amides is 2. The standard InChI is InChI=1S/C19H36N2O4/c1-5-9-14-21(15-10-6-2)18(25)19(8-4,13-12-17(23)24)20-16(22)11-7-3/h5-15H2,1-4H3,(H,20,22)(H,23,24)/t19-/m0/s1. The second-order valence-electron chi connectivity index (χ2n) is 6.63. The number of hydrogen-bond acceptors (Lipinski definition) is 3. The highest BCUT2D eigenvalue weighted by Gasteiger charge is 2.40. The number of carboxylic acid groups (broad SMARTS) is 1. The summed E-state index contributed by atoms with van der Waals surface area (Å²) in [5, 5.41) is 12.0. The molecular formula is C19H36N2O4. The number of nitrogens with one attached hydrogen (secondary N) is 1. The Morgan fingerprint density at radius 1 is 0.920 bits per heavy atom. The van der Waals surface area contributed by atoms with Gasteiger partial charge in [0.25, 0.3) is 0 Å². The number of carbonyl (C=O) groups excluding carboxylic acids is 2. The fourth-order valence-corrected chi connectivity index (χ4v) is 2.83. The Morgan fingerprint density at radius 3 is 1.88 bits per heavy atom. The van der Waals surface area contributed by atoms with Crippen LogP contribution in [0.4, 0.5) is 0 Å². The van der Waals surface area contributed by atoms with Gasteiger partial charge in [-0.15, -0.1) is 0 Å². The summed E-state index contributed by atoms with van der Waals surface area (Å²) >= 11 is 0. The molecule has 0 saturated carbocycles. The first kappa shape index (κ1) is 23.4. The van der Waals surface area contributed by atoms with Gasteiger partial charge in [0.2, 0.25) is 11.8 Å². The molecule has 25 heavy (non-hydrogen) atoms. The van der Waals surface area contributed by atoms with Crippen LogP contribution in [-0.2, 0) is 14.4 Å². The third kappa shape index (κ3) is 8.36. The Morgan fingerprint density at radius 2 is 1.48 bits per heavy atom. The Kier molecular flexibility index (Phi) is 11.9. The lowest BCUT2D eigenvalue weighted by Crippen LogP contribution is -2.60. The molecule has 0 aliphatic rings. The maximum atomic E-state index is 13.3. The molecule has 0 aromatic heterocycles. The molecule has 0 spiro atoms. The third-order valence-electron chi connectivity index (χ3n) is 4.48. The van der Waals surface area contributed by atoms with Crippen molar-refractivity contribution in [2.75, 3.05) is 13.1 Å². The van der Waals surface area contributed by atoms with Crippen molar-refractivity contribution in [1.82, 2.24) is 10.2 Å². The third-order valence-corrected chi connectivity index (χ3v) is 4.48. The van der Waals surface area contributed by atoms with E-state index in [0.717, 1.165) is 25.7 Å². The second-order valence-corrected chi connectivity index (χ2v) is 6.63. The predicted molar refractivity (Wildman–Crippen MR) is 99.3 cm³/mol. The Hall–Kier alpha value is -1.59. The largest absolute Gasteiger partial charge is 0.481 e. The lowest BCUT2D eigenvalue weighted by atomic mass is 9.87. The van der Waals surface area contributed by atoms with Crippen LogP contribution in [0.15, 0.2) is 0 Å². The molecule has 0 saturated heterocycles. The van der Waals surface area contributed by atoms with Gasteiger partial charge in [-0.1, -0.05) is 40.5 Å². The maximum Gasteiger partial charge on any atom is 0.303 e. The highest BCUT2D eigenvalue weighted by molar-refractivity contribution is 5.92.